The van der Waals surface area contributed by atoms with Gasteiger partial charge in [-0.1, -0.05) is 22.8 Å². The maximum absolute atomic E-state index is 12.7. The molecule has 2 aromatic rings. The van der Waals surface area contributed by atoms with Crippen molar-refractivity contribution in [3.05, 3.63) is 40.5 Å². The van der Waals surface area contributed by atoms with Crippen LogP contribution >= 0.6 is 11.6 Å². The molecule has 0 aliphatic carbocycles. The summed E-state index contributed by atoms with van der Waals surface area (Å²) in [4.78, 5) is 18.6. The third kappa shape index (κ3) is 4.09. The van der Waals surface area contributed by atoms with Crippen LogP contribution in [-0.4, -0.2) is 47.9 Å². The van der Waals surface area contributed by atoms with E-state index in [1.54, 1.807) is 24.1 Å². The topological polar surface area (TPSA) is 89.7 Å². The lowest BCUT2D eigenvalue weighted by molar-refractivity contribution is 0.0110. The summed E-state index contributed by atoms with van der Waals surface area (Å²) >= 11 is 6.11. The van der Waals surface area contributed by atoms with Crippen LogP contribution in [0.15, 0.2) is 22.7 Å². The molecule has 1 aliphatic rings. The number of urea groups is 1. The van der Waals surface area contributed by atoms with Crippen LogP contribution in [0.4, 0.5) is 10.5 Å². The van der Waals surface area contributed by atoms with Crippen LogP contribution in [0.2, 0.25) is 5.02 Å². The van der Waals surface area contributed by atoms with Gasteiger partial charge in [0.2, 0.25) is 0 Å². The van der Waals surface area contributed by atoms with Crippen LogP contribution < -0.4 is 5.32 Å². The largest absolute Gasteiger partial charge is 0.377 e. The number of carbonyl (C=O) groups is 1. The highest BCUT2D eigenvalue weighted by molar-refractivity contribution is 6.31. The average Bonchev–Trinajstić information content (AvgIpc) is 3.07. The van der Waals surface area contributed by atoms with Gasteiger partial charge in [0, 0.05) is 24.4 Å². The van der Waals surface area contributed by atoms with Gasteiger partial charge in [-0.05, 0) is 24.6 Å². The molecule has 0 unspecified atom stereocenters. The number of aryl methyl sites for hydroxylation is 1. The van der Waals surface area contributed by atoms with E-state index < -0.39 is 6.04 Å². The van der Waals surface area contributed by atoms with Gasteiger partial charge in [-0.25, -0.2) is 4.79 Å². The van der Waals surface area contributed by atoms with Crippen molar-refractivity contribution in [3.63, 3.8) is 0 Å². The van der Waals surface area contributed by atoms with Crippen LogP contribution in [0.25, 0.3) is 0 Å². The first kappa shape index (κ1) is 17.7. The highest BCUT2D eigenvalue weighted by Crippen LogP contribution is 2.25. The van der Waals surface area contributed by atoms with Crippen molar-refractivity contribution >= 4 is 23.3 Å². The summed E-state index contributed by atoms with van der Waals surface area (Å²) < 4.78 is 15.6. The monoisotopic (exact) mass is 366 g/mol. The molecule has 0 saturated carbocycles. The van der Waals surface area contributed by atoms with Crippen LogP contribution in [0.3, 0.4) is 0 Å². The molecule has 0 bridgehead atoms. The SMILES string of the molecule is COCc1nc([C@@H]2COCCN2C(=O)Nc2ccc(C)c(Cl)c2)no1. The summed E-state index contributed by atoms with van der Waals surface area (Å²) in [7, 11) is 1.54. The number of methoxy groups -OCH3 is 1. The fourth-order valence-corrected chi connectivity index (χ4v) is 2.69. The van der Waals surface area contributed by atoms with E-state index in [0.29, 0.717) is 42.2 Å². The number of nitrogens with one attached hydrogen (secondary N) is 1. The van der Waals surface area contributed by atoms with Crippen molar-refractivity contribution in [2.75, 3.05) is 32.2 Å². The normalized spacial score (nSPS) is 17.6. The summed E-state index contributed by atoms with van der Waals surface area (Å²) in [6, 6.07) is 4.68. The van der Waals surface area contributed by atoms with E-state index in [4.69, 9.17) is 25.6 Å². The van der Waals surface area contributed by atoms with Gasteiger partial charge < -0.3 is 24.2 Å². The van der Waals surface area contributed by atoms with E-state index in [-0.39, 0.29) is 12.6 Å². The number of amides is 2. The smallest absolute Gasteiger partial charge is 0.322 e. The minimum Gasteiger partial charge on any atom is -0.377 e. The molecule has 1 fully saturated rings. The Morgan fingerprint density at radius 3 is 3.12 bits per heavy atom. The lowest BCUT2D eigenvalue weighted by Gasteiger charge is -2.33. The number of carbonyl (C=O) groups excluding carboxylic acids is 1. The zero-order chi connectivity index (χ0) is 17.8. The Balaban J connectivity index is 1.74. The number of hydrogen-bond acceptors (Lipinski definition) is 6. The number of morpholine rings is 1. The van der Waals surface area contributed by atoms with Crippen molar-refractivity contribution in [2.45, 2.75) is 19.6 Å². The molecule has 0 radical (unpaired) electrons. The summed E-state index contributed by atoms with van der Waals surface area (Å²) in [5.74, 6) is 0.748. The average molecular weight is 367 g/mol. The number of nitrogens with zero attached hydrogens (tertiary/aromatic N) is 3. The van der Waals surface area contributed by atoms with Gasteiger partial charge in [-0.15, -0.1) is 0 Å². The second-order valence-corrected chi connectivity index (χ2v) is 6.06. The molecule has 134 valence electrons. The molecule has 1 atom stereocenters. The Labute approximate surface area is 150 Å². The minimum absolute atomic E-state index is 0.217. The van der Waals surface area contributed by atoms with E-state index in [9.17, 15) is 4.79 Å². The van der Waals surface area contributed by atoms with Crippen molar-refractivity contribution in [1.82, 2.24) is 15.0 Å². The number of rotatable bonds is 4. The lowest BCUT2D eigenvalue weighted by Crippen LogP contribution is -2.45. The number of benzene rings is 1. The molecular weight excluding hydrogens is 348 g/mol. The molecule has 0 spiro atoms. The molecule has 8 nitrogen and oxygen atoms in total. The van der Waals surface area contributed by atoms with Crippen molar-refractivity contribution in [1.29, 1.82) is 0 Å². The first-order valence-corrected chi connectivity index (χ1v) is 8.19. The first-order chi connectivity index (χ1) is 12.1. The van der Waals surface area contributed by atoms with Crippen LogP contribution in [0.5, 0.6) is 0 Å². The molecule has 3 rings (SSSR count). The van der Waals surface area contributed by atoms with Crippen LogP contribution in [-0.2, 0) is 16.1 Å². The maximum atomic E-state index is 12.7. The van der Waals surface area contributed by atoms with E-state index in [1.807, 2.05) is 13.0 Å². The van der Waals surface area contributed by atoms with Gasteiger partial charge in [-0.3, -0.25) is 0 Å². The standard InChI is InChI=1S/C16H19ClN4O4/c1-10-3-4-11(7-12(10)17)18-16(22)21-5-6-24-8-13(21)15-19-14(9-23-2)25-20-15/h3-4,7,13H,5-6,8-9H2,1-2H3,(H,18,22)/t13-/m0/s1. The Kier molecular flexibility index (Phi) is 5.52. The quantitative estimate of drug-likeness (QED) is 0.894. The Bertz CT molecular complexity index is 751. The predicted molar refractivity (Wildman–Crippen MR) is 90.5 cm³/mol. The molecular formula is C16H19ClN4O4. The van der Waals surface area contributed by atoms with Gasteiger partial charge in [0.1, 0.15) is 12.6 Å². The second-order valence-electron chi connectivity index (χ2n) is 5.66. The zero-order valence-corrected chi connectivity index (χ0v) is 14.7. The number of ether oxygens (including phenoxy) is 2. The van der Waals surface area contributed by atoms with E-state index in [1.165, 1.54) is 0 Å². The number of hydrogen-bond donors (Lipinski definition) is 1. The van der Waals surface area contributed by atoms with Gasteiger partial charge >= 0.3 is 6.03 Å². The van der Waals surface area contributed by atoms with Gasteiger partial charge in [-0.2, -0.15) is 4.98 Å². The highest BCUT2D eigenvalue weighted by atomic mass is 35.5. The van der Waals surface area contributed by atoms with Crippen molar-refractivity contribution in [2.24, 2.45) is 0 Å². The van der Waals surface area contributed by atoms with E-state index >= 15 is 0 Å². The van der Waals surface area contributed by atoms with E-state index in [0.717, 1.165) is 5.56 Å². The third-order valence-corrected chi connectivity index (χ3v) is 4.27. The zero-order valence-electron chi connectivity index (χ0n) is 14.0. The summed E-state index contributed by atoms with van der Waals surface area (Å²) in [6.45, 7) is 3.29. The lowest BCUT2D eigenvalue weighted by atomic mass is 10.2. The van der Waals surface area contributed by atoms with Crippen molar-refractivity contribution in [3.8, 4) is 0 Å². The maximum Gasteiger partial charge on any atom is 0.322 e. The number of aromatic nitrogens is 2. The Morgan fingerprint density at radius 1 is 1.52 bits per heavy atom. The first-order valence-electron chi connectivity index (χ1n) is 7.81. The summed E-state index contributed by atoms with van der Waals surface area (Å²) in [6.07, 6.45) is 0. The second kappa shape index (κ2) is 7.81. The Hall–Kier alpha value is -2.16. The molecule has 2 heterocycles. The highest BCUT2D eigenvalue weighted by Gasteiger charge is 2.32. The molecule has 2 amide bonds. The minimum atomic E-state index is -0.427. The third-order valence-electron chi connectivity index (χ3n) is 3.86. The summed E-state index contributed by atoms with van der Waals surface area (Å²) in [5.41, 5.74) is 1.57. The fraction of sp³-hybridized carbons (Fsp3) is 0.438. The molecule has 1 aromatic heterocycles. The van der Waals surface area contributed by atoms with Crippen LogP contribution in [0, 0.1) is 6.92 Å². The molecule has 1 aromatic carbocycles. The number of halogens is 1. The molecule has 1 aliphatic heterocycles. The predicted octanol–water partition coefficient (Wildman–Crippen LogP) is 2.78. The molecule has 1 saturated heterocycles. The van der Waals surface area contributed by atoms with Gasteiger partial charge in [0.15, 0.2) is 5.82 Å². The van der Waals surface area contributed by atoms with Crippen molar-refractivity contribution < 1.29 is 18.8 Å². The van der Waals surface area contributed by atoms with E-state index in [2.05, 4.69) is 15.5 Å². The molecule has 25 heavy (non-hydrogen) atoms. The number of anilines is 1. The van der Waals surface area contributed by atoms with Gasteiger partial charge in [0.05, 0.1) is 13.2 Å². The van der Waals surface area contributed by atoms with Crippen LogP contribution in [0.1, 0.15) is 23.3 Å². The Morgan fingerprint density at radius 2 is 2.36 bits per heavy atom. The van der Waals surface area contributed by atoms with Gasteiger partial charge in [0.25, 0.3) is 5.89 Å². The molecule has 1 N–H and O–H groups in total. The fourth-order valence-electron chi connectivity index (χ4n) is 2.51. The summed E-state index contributed by atoms with van der Waals surface area (Å²) in [5, 5.41) is 7.38. The molecule has 9 heteroatoms.